The number of fused-ring (bicyclic) bond motifs is 2. The monoisotopic (exact) mass is 467 g/mol. The number of nitrogens with one attached hydrogen (secondary N) is 1. The third-order valence-electron chi connectivity index (χ3n) is 7.34. The molecule has 1 atom stereocenters. The summed E-state index contributed by atoms with van der Waals surface area (Å²) >= 11 is 0. The lowest BCUT2D eigenvalue weighted by Gasteiger charge is -2.35. The Kier molecular flexibility index (Phi) is 6.75. The van der Waals surface area contributed by atoms with Crippen molar-refractivity contribution in [2.24, 2.45) is 11.3 Å². The number of hydrogen-bond acceptors (Lipinski definition) is 3. The van der Waals surface area contributed by atoms with Crippen molar-refractivity contribution < 1.29 is 14.4 Å². The molecule has 4 nitrogen and oxygen atoms in total. The second-order valence-electron chi connectivity index (χ2n) is 10.5. The number of carbonyl (C=O) groups is 3. The highest BCUT2D eigenvalue weighted by Crippen LogP contribution is 2.42. The van der Waals surface area contributed by atoms with Gasteiger partial charge in [0.1, 0.15) is 0 Å². The number of hydrogen-bond donors (Lipinski definition) is 1. The molecule has 1 aliphatic carbocycles. The van der Waals surface area contributed by atoms with Crippen molar-refractivity contribution in [3.63, 3.8) is 0 Å². The molecule has 0 saturated carbocycles. The third kappa shape index (κ3) is 4.70. The highest BCUT2D eigenvalue weighted by atomic mass is 16.2. The van der Waals surface area contributed by atoms with E-state index in [9.17, 15) is 14.4 Å². The number of benzene rings is 3. The molecule has 4 rings (SSSR count). The summed E-state index contributed by atoms with van der Waals surface area (Å²) in [6.07, 6.45) is 2.15. The summed E-state index contributed by atoms with van der Waals surface area (Å²) in [7, 11) is 0. The summed E-state index contributed by atoms with van der Waals surface area (Å²) in [5.74, 6) is 0.210. The topological polar surface area (TPSA) is 63.2 Å². The van der Waals surface area contributed by atoms with Gasteiger partial charge in [0.25, 0.3) is 5.91 Å². The van der Waals surface area contributed by atoms with Crippen molar-refractivity contribution in [3.8, 4) is 0 Å². The van der Waals surface area contributed by atoms with Crippen molar-refractivity contribution in [3.05, 3.63) is 100 Å². The molecule has 0 bridgehead atoms. The fourth-order valence-corrected chi connectivity index (χ4v) is 4.93. The van der Waals surface area contributed by atoms with Crippen molar-refractivity contribution in [2.75, 3.05) is 5.32 Å². The molecule has 0 radical (unpaired) electrons. The van der Waals surface area contributed by atoms with Gasteiger partial charge in [-0.3, -0.25) is 14.4 Å². The molecule has 3 aromatic rings. The molecule has 1 aliphatic rings. The highest BCUT2D eigenvalue weighted by molar-refractivity contribution is 6.30. The Bertz CT molecular complexity index is 1280. The number of carbonyl (C=O) groups excluding carboxylic acids is 3. The van der Waals surface area contributed by atoms with Gasteiger partial charge in [0.15, 0.2) is 11.6 Å². The van der Waals surface area contributed by atoms with E-state index >= 15 is 0 Å². The Balaban J connectivity index is 1.61. The van der Waals surface area contributed by atoms with E-state index < -0.39 is 0 Å². The van der Waals surface area contributed by atoms with E-state index in [4.69, 9.17) is 0 Å². The maximum Gasteiger partial charge on any atom is 0.255 e. The van der Waals surface area contributed by atoms with Gasteiger partial charge in [-0.25, -0.2) is 0 Å². The van der Waals surface area contributed by atoms with Gasteiger partial charge in [0.05, 0.1) is 11.3 Å². The zero-order valence-corrected chi connectivity index (χ0v) is 21.1. The van der Waals surface area contributed by atoms with Crippen LogP contribution in [0.3, 0.4) is 0 Å². The predicted octanol–water partition coefficient (Wildman–Crippen LogP) is 7.28. The average molecular weight is 468 g/mol. The number of rotatable bonds is 7. The highest BCUT2D eigenvalue weighted by Gasteiger charge is 2.32. The molecule has 1 amide bonds. The van der Waals surface area contributed by atoms with E-state index in [2.05, 4.69) is 39.9 Å². The number of anilines is 1. The molecule has 0 saturated heterocycles. The zero-order valence-electron chi connectivity index (χ0n) is 21.1. The summed E-state index contributed by atoms with van der Waals surface area (Å²) in [6, 6.07) is 19.6. The van der Waals surface area contributed by atoms with Gasteiger partial charge in [0, 0.05) is 22.3 Å². The smallest absolute Gasteiger partial charge is 0.255 e. The normalized spacial score (nSPS) is 13.9. The van der Waals surface area contributed by atoms with Crippen LogP contribution in [0.2, 0.25) is 0 Å². The van der Waals surface area contributed by atoms with Gasteiger partial charge in [-0.15, -0.1) is 0 Å². The molecule has 0 spiro atoms. The quantitative estimate of drug-likeness (QED) is 0.311. The van der Waals surface area contributed by atoms with E-state index in [1.54, 1.807) is 42.5 Å². The van der Waals surface area contributed by atoms with Crippen LogP contribution in [0.4, 0.5) is 5.69 Å². The zero-order chi connectivity index (χ0) is 25.3. The lowest BCUT2D eigenvalue weighted by atomic mass is 9.70. The maximum atomic E-state index is 13.2. The summed E-state index contributed by atoms with van der Waals surface area (Å²) in [4.78, 5) is 39.3. The minimum atomic E-state index is -0.306. The average Bonchev–Trinajstić information content (AvgIpc) is 2.85. The van der Waals surface area contributed by atoms with Gasteiger partial charge >= 0.3 is 0 Å². The fraction of sp³-hybridized carbons (Fsp3) is 0.323. The van der Waals surface area contributed by atoms with Crippen LogP contribution in [0.25, 0.3) is 0 Å². The lowest BCUT2D eigenvalue weighted by Crippen LogP contribution is -2.24. The molecule has 0 fully saturated rings. The number of ketones is 2. The molecule has 1 N–H and O–H groups in total. The van der Waals surface area contributed by atoms with E-state index in [1.165, 1.54) is 5.56 Å². The summed E-state index contributed by atoms with van der Waals surface area (Å²) in [5, 5.41) is 2.88. The number of amides is 1. The second kappa shape index (κ2) is 9.61. The summed E-state index contributed by atoms with van der Waals surface area (Å²) < 4.78 is 0. The molecule has 3 aromatic carbocycles. The van der Waals surface area contributed by atoms with Gasteiger partial charge in [-0.2, -0.15) is 0 Å². The first-order valence-corrected chi connectivity index (χ1v) is 12.4. The van der Waals surface area contributed by atoms with Crippen LogP contribution in [-0.2, 0) is 0 Å². The van der Waals surface area contributed by atoms with E-state index in [0.29, 0.717) is 39.8 Å². The Morgan fingerprint density at radius 1 is 0.829 bits per heavy atom. The first-order valence-electron chi connectivity index (χ1n) is 12.4. The molecule has 1 unspecified atom stereocenters. The van der Waals surface area contributed by atoms with Crippen molar-refractivity contribution in [2.45, 2.75) is 53.4 Å². The molecule has 4 heteroatoms. The van der Waals surface area contributed by atoms with Gasteiger partial charge in [-0.1, -0.05) is 89.6 Å². The lowest BCUT2D eigenvalue weighted by molar-refractivity contribution is 0.0978. The largest absolute Gasteiger partial charge is 0.321 e. The Hall–Kier alpha value is -3.53. The van der Waals surface area contributed by atoms with Crippen molar-refractivity contribution >= 4 is 23.2 Å². The summed E-state index contributed by atoms with van der Waals surface area (Å²) in [6.45, 7) is 11.3. The third-order valence-corrected chi connectivity index (χ3v) is 7.34. The van der Waals surface area contributed by atoms with Crippen LogP contribution in [0, 0.1) is 11.3 Å². The molecular weight excluding hydrogens is 434 g/mol. The van der Waals surface area contributed by atoms with E-state index in [1.807, 2.05) is 24.3 Å². The second-order valence-corrected chi connectivity index (χ2v) is 10.5. The van der Waals surface area contributed by atoms with Crippen LogP contribution in [0.15, 0.2) is 66.7 Å². The van der Waals surface area contributed by atoms with E-state index in [0.717, 1.165) is 12.8 Å². The van der Waals surface area contributed by atoms with Crippen LogP contribution < -0.4 is 5.32 Å². The van der Waals surface area contributed by atoms with Gasteiger partial charge < -0.3 is 5.32 Å². The molecule has 0 aliphatic heterocycles. The molecule has 180 valence electrons. The fourth-order valence-electron chi connectivity index (χ4n) is 4.93. The van der Waals surface area contributed by atoms with Gasteiger partial charge in [-0.05, 0) is 47.4 Å². The minimum Gasteiger partial charge on any atom is -0.321 e. The Morgan fingerprint density at radius 3 is 2.03 bits per heavy atom. The minimum absolute atomic E-state index is 0.153. The molecule has 0 aromatic heterocycles. The van der Waals surface area contributed by atoms with Crippen molar-refractivity contribution in [1.82, 2.24) is 0 Å². The first-order chi connectivity index (χ1) is 16.6. The Morgan fingerprint density at radius 2 is 1.43 bits per heavy atom. The molecular formula is C31H33NO3. The molecule has 35 heavy (non-hydrogen) atoms. The van der Waals surface area contributed by atoms with Crippen LogP contribution in [-0.4, -0.2) is 17.5 Å². The Labute approximate surface area is 207 Å². The first kappa shape index (κ1) is 24.6. The summed E-state index contributed by atoms with van der Waals surface area (Å²) in [5.41, 5.74) is 3.59. The van der Waals surface area contributed by atoms with Crippen LogP contribution in [0.1, 0.15) is 101 Å². The van der Waals surface area contributed by atoms with Crippen LogP contribution >= 0.6 is 0 Å². The molecule has 0 heterocycles. The maximum absolute atomic E-state index is 13.2. The van der Waals surface area contributed by atoms with E-state index in [-0.39, 0.29) is 28.5 Å². The van der Waals surface area contributed by atoms with Crippen molar-refractivity contribution in [1.29, 1.82) is 0 Å². The predicted molar refractivity (Wildman–Crippen MR) is 140 cm³/mol. The van der Waals surface area contributed by atoms with Gasteiger partial charge in [0.2, 0.25) is 0 Å². The SMILES string of the molecule is CCC(C)(C)C(CC(C)C)c1ccc(C(=O)Nc2cccc3c2C(=O)c2ccccc2C3=O)cc1. The van der Waals surface area contributed by atoms with Crippen LogP contribution in [0.5, 0.6) is 0 Å². The standard InChI is InChI=1S/C31H33NO3/c1-6-31(4,5)25(18-19(2)3)20-14-16-21(17-15-20)30(35)32-26-13-9-12-24-27(26)29(34)23-11-8-7-10-22(23)28(24)33/h7-17,19,25H,6,18H2,1-5H3,(H,32,35).